The highest BCUT2D eigenvalue weighted by molar-refractivity contribution is 5.81. The van der Waals surface area contributed by atoms with Gasteiger partial charge >= 0.3 is 5.97 Å². The molecule has 0 saturated carbocycles. The average Bonchev–Trinajstić information content (AvgIpc) is 2.10. The summed E-state index contributed by atoms with van der Waals surface area (Å²) in [5.41, 5.74) is 0. The van der Waals surface area contributed by atoms with Crippen molar-refractivity contribution in [3.8, 4) is 6.07 Å². The van der Waals surface area contributed by atoms with Crippen molar-refractivity contribution >= 4 is 5.97 Å². The summed E-state index contributed by atoms with van der Waals surface area (Å²) < 4.78 is 4.38. The SMILES string of the molecule is COC(=O)C=CCC=CCC#N. The van der Waals surface area contributed by atoms with Crippen LogP contribution in [0.2, 0.25) is 0 Å². The molecule has 0 rings (SSSR count). The maximum Gasteiger partial charge on any atom is 0.330 e. The standard InChI is InChI=1S/C9H11NO2/c1-12-9(11)7-5-3-2-4-6-8-10/h2,4-5,7H,3,6H2,1H3. The molecule has 3 nitrogen and oxygen atoms in total. The maximum atomic E-state index is 10.5. The first-order valence-electron chi connectivity index (χ1n) is 3.57. The summed E-state index contributed by atoms with van der Waals surface area (Å²) in [7, 11) is 1.33. The maximum absolute atomic E-state index is 10.5. The zero-order valence-corrected chi connectivity index (χ0v) is 6.99. The topological polar surface area (TPSA) is 50.1 Å². The Labute approximate surface area is 71.9 Å². The fraction of sp³-hybridized carbons (Fsp3) is 0.333. The average molecular weight is 165 g/mol. The van der Waals surface area contributed by atoms with E-state index in [4.69, 9.17) is 5.26 Å². The minimum atomic E-state index is -0.358. The number of carbonyl (C=O) groups excluding carboxylic acids is 1. The number of nitriles is 1. The van der Waals surface area contributed by atoms with E-state index in [-0.39, 0.29) is 5.97 Å². The molecule has 0 radical (unpaired) electrons. The third-order valence-electron chi connectivity index (χ3n) is 1.10. The van der Waals surface area contributed by atoms with Gasteiger partial charge in [-0.25, -0.2) is 4.79 Å². The number of ether oxygens (including phenoxy) is 1. The molecule has 0 atom stereocenters. The Morgan fingerprint density at radius 3 is 2.83 bits per heavy atom. The second-order valence-electron chi connectivity index (χ2n) is 1.99. The molecule has 12 heavy (non-hydrogen) atoms. The van der Waals surface area contributed by atoms with E-state index in [9.17, 15) is 4.79 Å². The molecule has 0 aromatic heterocycles. The van der Waals surface area contributed by atoms with Gasteiger partial charge in [0.15, 0.2) is 0 Å². The molecule has 0 fully saturated rings. The minimum Gasteiger partial charge on any atom is -0.466 e. The highest BCUT2D eigenvalue weighted by Crippen LogP contribution is 1.88. The smallest absolute Gasteiger partial charge is 0.330 e. The Morgan fingerprint density at radius 2 is 2.25 bits per heavy atom. The molecule has 0 unspecified atom stereocenters. The Bertz CT molecular complexity index is 223. The molecule has 0 spiro atoms. The van der Waals surface area contributed by atoms with Crippen LogP contribution in [0.1, 0.15) is 12.8 Å². The summed E-state index contributed by atoms with van der Waals surface area (Å²) in [5.74, 6) is -0.358. The third kappa shape index (κ3) is 6.56. The van der Waals surface area contributed by atoms with Gasteiger partial charge in [0, 0.05) is 6.08 Å². The molecule has 0 aliphatic heterocycles. The van der Waals surface area contributed by atoms with Gasteiger partial charge in [-0.05, 0) is 6.42 Å². The molecular weight excluding hydrogens is 154 g/mol. The Balaban J connectivity index is 3.49. The molecule has 0 aliphatic rings. The fourth-order valence-electron chi connectivity index (χ4n) is 0.543. The molecular formula is C9H11NO2. The van der Waals surface area contributed by atoms with Crippen molar-refractivity contribution in [2.24, 2.45) is 0 Å². The van der Waals surface area contributed by atoms with Gasteiger partial charge in [0.2, 0.25) is 0 Å². The van der Waals surface area contributed by atoms with E-state index in [1.165, 1.54) is 13.2 Å². The highest BCUT2D eigenvalue weighted by Gasteiger charge is 1.86. The highest BCUT2D eigenvalue weighted by atomic mass is 16.5. The summed E-state index contributed by atoms with van der Waals surface area (Å²) in [4.78, 5) is 10.5. The molecule has 0 aromatic rings. The van der Waals surface area contributed by atoms with Gasteiger partial charge in [-0.1, -0.05) is 18.2 Å². The van der Waals surface area contributed by atoms with Crippen molar-refractivity contribution in [3.63, 3.8) is 0 Å². The van der Waals surface area contributed by atoms with E-state index in [2.05, 4.69) is 4.74 Å². The molecule has 64 valence electrons. The summed E-state index contributed by atoms with van der Waals surface area (Å²) in [5, 5.41) is 8.16. The van der Waals surface area contributed by atoms with E-state index < -0.39 is 0 Å². The lowest BCUT2D eigenvalue weighted by atomic mass is 10.3. The monoisotopic (exact) mass is 165 g/mol. The summed E-state index contributed by atoms with van der Waals surface area (Å²) in [6.07, 6.45) is 7.67. The Kier molecular flexibility index (Phi) is 6.56. The lowest BCUT2D eigenvalue weighted by Crippen LogP contribution is -1.92. The lowest BCUT2D eigenvalue weighted by Gasteiger charge is -1.87. The van der Waals surface area contributed by atoms with Crippen LogP contribution in [0.15, 0.2) is 24.3 Å². The molecule has 0 aliphatic carbocycles. The van der Waals surface area contributed by atoms with E-state index in [1.54, 1.807) is 12.2 Å². The van der Waals surface area contributed by atoms with Crippen LogP contribution in [0.3, 0.4) is 0 Å². The second-order valence-corrected chi connectivity index (χ2v) is 1.99. The number of esters is 1. The van der Waals surface area contributed by atoms with Crippen molar-refractivity contribution in [3.05, 3.63) is 24.3 Å². The van der Waals surface area contributed by atoms with Crippen LogP contribution in [-0.4, -0.2) is 13.1 Å². The van der Waals surface area contributed by atoms with Crippen LogP contribution >= 0.6 is 0 Å². The van der Waals surface area contributed by atoms with Gasteiger partial charge in [0.25, 0.3) is 0 Å². The summed E-state index contributed by atoms with van der Waals surface area (Å²) in [6.45, 7) is 0. The van der Waals surface area contributed by atoms with Crippen LogP contribution < -0.4 is 0 Å². The predicted molar refractivity (Wildman–Crippen MR) is 45.1 cm³/mol. The van der Waals surface area contributed by atoms with E-state index in [0.717, 1.165) is 0 Å². The number of carbonyl (C=O) groups is 1. The van der Waals surface area contributed by atoms with Crippen LogP contribution in [0, 0.1) is 11.3 Å². The van der Waals surface area contributed by atoms with E-state index >= 15 is 0 Å². The first kappa shape index (κ1) is 10.4. The molecule has 0 saturated heterocycles. The molecule has 0 bridgehead atoms. The number of allylic oxidation sites excluding steroid dienone is 3. The lowest BCUT2D eigenvalue weighted by molar-refractivity contribution is -0.134. The largest absolute Gasteiger partial charge is 0.466 e. The molecule has 3 heteroatoms. The van der Waals surface area contributed by atoms with Gasteiger partial charge < -0.3 is 4.74 Å². The summed E-state index contributed by atoms with van der Waals surface area (Å²) in [6, 6.07) is 1.98. The molecule has 0 amide bonds. The first-order valence-corrected chi connectivity index (χ1v) is 3.57. The van der Waals surface area contributed by atoms with Gasteiger partial charge in [-0.2, -0.15) is 5.26 Å². The fourth-order valence-corrected chi connectivity index (χ4v) is 0.543. The molecule has 0 heterocycles. The van der Waals surface area contributed by atoms with Gasteiger partial charge in [-0.15, -0.1) is 0 Å². The van der Waals surface area contributed by atoms with E-state index in [0.29, 0.717) is 12.8 Å². The van der Waals surface area contributed by atoms with Crippen LogP contribution in [-0.2, 0) is 9.53 Å². The number of methoxy groups -OCH3 is 1. The molecule has 0 aromatic carbocycles. The quantitative estimate of drug-likeness (QED) is 0.361. The number of rotatable bonds is 4. The van der Waals surface area contributed by atoms with Gasteiger partial charge in [0.1, 0.15) is 0 Å². The van der Waals surface area contributed by atoms with Crippen LogP contribution in [0.5, 0.6) is 0 Å². The molecule has 0 N–H and O–H groups in total. The predicted octanol–water partition coefficient (Wildman–Crippen LogP) is 1.58. The van der Waals surface area contributed by atoms with Crippen molar-refractivity contribution < 1.29 is 9.53 Å². The van der Waals surface area contributed by atoms with Crippen LogP contribution in [0.4, 0.5) is 0 Å². The first-order chi connectivity index (χ1) is 5.81. The summed E-state index contributed by atoms with van der Waals surface area (Å²) >= 11 is 0. The van der Waals surface area contributed by atoms with Crippen LogP contribution in [0.25, 0.3) is 0 Å². The van der Waals surface area contributed by atoms with E-state index in [1.807, 2.05) is 12.1 Å². The van der Waals surface area contributed by atoms with Crippen molar-refractivity contribution in [1.29, 1.82) is 5.26 Å². The second kappa shape index (κ2) is 7.55. The minimum absolute atomic E-state index is 0.358. The Morgan fingerprint density at radius 1 is 1.50 bits per heavy atom. The van der Waals surface area contributed by atoms with Gasteiger partial charge in [-0.3, -0.25) is 0 Å². The van der Waals surface area contributed by atoms with Crippen molar-refractivity contribution in [2.45, 2.75) is 12.8 Å². The third-order valence-corrected chi connectivity index (χ3v) is 1.10. The zero-order chi connectivity index (χ0) is 9.23. The van der Waals surface area contributed by atoms with Gasteiger partial charge in [0.05, 0.1) is 19.6 Å². The number of hydrogen-bond acceptors (Lipinski definition) is 3. The number of nitrogens with zero attached hydrogens (tertiary/aromatic N) is 1. The van der Waals surface area contributed by atoms with Crippen molar-refractivity contribution in [1.82, 2.24) is 0 Å². The van der Waals surface area contributed by atoms with Crippen molar-refractivity contribution in [2.75, 3.05) is 7.11 Å². The Hall–Kier alpha value is -1.56. The zero-order valence-electron chi connectivity index (χ0n) is 6.99. The number of hydrogen-bond donors (Lipinski definition) is 0. The normalized spacial score (nSPS) is 10.3.